The number of nitrogen functional groups attached to an aromatic ring is 1. The summed E-state index contributed by atoms with van der Waals surface area (Å²) < 4.78 is 2.57. The highest BCUT2D eigenvalue weighted by Gasteiger charge is 2.26. The van der Waals surface area contributed by atoms with Crippen molar-refractivity contribution in [3.05, 3.63) is 56.7 Å². The molecule has 0 saturated heterocycles. The van der Waals surface area contributed by atoms with Crippen LogP contribution in [-0.2, 0) is 13.6 Å². The molecule has 1 saturated carbocycles. The van der Waals surface area contributed by atoms with Crippen molar-refractivity contribution in [2.75, 3.05) is 11.1 Å². The van der Waals surface area contributed by atoms with Crippen molar-refractivity contribution in [3.8, 4) is 0 Å². The fraction of sp³-hybridized carbons (Fsp3) is 0.444. The quantitative estimate of drug-likeness (QED) is 0.876. The molecule has 0 spiro atoms. The Morgan fingerprint density at radius 2 is 1.92 bits per heavy atom. The summed E-state index contributed by atoms with van der Waals surface area (Å²) in [7, 11) is 1.49. The van der Waals surface area contributed by atoms with Crippen LogP contribution in [0.5, 0.6) is 0 Å². The minimum Gasteiger partial charge on any atom is -0.383 e. The second-order valence-corrected chi connectivity index (χ2v) is 6.60. The van der Waals surface area contributed by atoms with Gasteiger partial charge < -0.3 is 11.1 Å². The molecule has 0 aliphatic heterocycles. The third-order valence-electron chi connectivity index (χ3n) is 5.00. The first-order valence-electron chi connectivity index (χ1n) is 8.38. The van der Waals surface area contributed by atoms with Gasteiger partial charge in [0, 0.05) is 13.1 Å². The summed E-state index contributed by atoms with van der Waals surface area (Å²) in [6.45, 7) is 2.40. The van der Waals surface area contributed by atoms with Gasteiger partial charge in [0.1, 0.15) is 11.5 Å². The smallest absolute Gasteiger partial charge is 0.332 e. The van der Waals surface area contributed by atoms with Gasteiger partial charge in [0.15, 0.2) is 0 Å². The van der Waals surface area contributed by atoms with Crippen LogP contribution in [0, 0.1) is 5.92 Å². The molecule has 3 rings (SSSR count). The molecular formula is C18H24N4O2. The highest BCUT2D eigenvalue weighted by Crippen LogP contribution is 2.31. The first-order chi connectivity index (χ1) is 11.5. The van der Waals surface area contributed by atoms with E-state index in [0.29, 0.717) is 18.2 Å². The van der Waals surface area contributed by atoms with E-state index in [2.05, 4.69) is 12.2 Å². The normalized spacial score (nSPS) is 15.8. The number of hydrogen-bond donors (Lipinski definition) is 2. The SMILES string of the molecule is CC(Nc1c(N)n(Cc2ccccc2)c(=O)n(C)c1=O)C1CCC1. The maximum Gasteiger partial charge on any atom is 0.332 e. The Bertz CT molecular complexity index is 835. The highest BCUT2D eigenvalue weighted by atomic mass is 16.2. The topological polar surface area (TPSA) is 82.0 Å². The predicted molar refractivity (Wildman–Crippen MR) is 96.3 cm³/mol. The first-order valence-corrected chi connectivity index (χ1v) is 8.38. The summed E-state index contributed by atoms with van der Waals surface area (Å²) in [6.07, 6.45) is 3.56. The molecule has 6 nitrogen and oxygen atoms in total. The zero-order valence-electron chi connectivity index (χ0n) is 14.2. The van der Waals surface area contributed by atoms with Crippen LogP contribution in [-0.4, -0.2) is 15.2 Å². The largest absolute Gasteiger partial charge is 0.383 e. The molecule has 1 aliphatic rings. The molecule has 3 N–H and O–H groups in total. The lowest BCUT2D eigenvalue weighted by Crippen LogP contribution is -2.43. The number of aromatic nitrogens is 2. The molecule has 1 atom stereocenters. The van der Waals surface area contributed by atoms with Gasteiger partial charge in [-0.25, -0.2) is 4.79 Å². The molecule has 24 heavy (non-hydrogen) atoms. The number of nitrogens with two attached hydrogens (primary N) is 1. The second-order valence-electron chi connectivity index (χ2n) is 6.60. The zero-order chi connectivity index (χ0) is 17.3. The van der Waals surface area contributed by atoms with Crippen molar-refractivity contribution in [1.82, 2.24) is 9.13 Å². The van der Waals surface area contributed by atoms with E-state index in [9.17, 15) is 9.59 Å². The highest BCUT2D eigenvalue weighted by molar-refractivity contribution is 5.61. The van der Waals surface area contributed by atoms with E-state index in [1.54, 1.807) is 0 Å². The van der Waals surface area contributed by atoms with E-state index in [4.69, 9.17) is 5.73 Å². The van der Waals surface area contributed by atoms with Gasteiger partial charge in [0.2, 0.25) is 0 Å². The molecule has 2 aromatic rings. The van der Waals surface area contributed by atoms with Crippen LogP contribution in [0.3, 0.4) is 0 Å². The second kappa shape index (κ2) is 6.55. The molecule has 128 valence electrons. The predicted octanol–water partition coefficient (Wildman–Crippen LogP) is 1.78. The number of rotatable bonds is 5. The summed E-state index contributed by atoms with van der Waals surface area (Å²) in [5.41, 5.74) is 6.72. The summed E-state index contributed by atoms with van der Waals surface area (Å²) >= 11 is 0. The van der Waals surface area contributed by atoms with Crippen molar-refractivity contribution >= 4 is 11.5 Å². The van der Waals surface area contributed by atoms with Gasteiger partial charge in [0.25, 0.3) is 5.56 Å². The van der Waals surface area contributed by atoms with E-state index in [-0.39, 0.29) is 17.4 Å². The van der Waals surface area contributed by atoms with Gasteiger partial charge in [-0.05, 0) is 31.2 Å². The molecular weight excluding hydrogens is 304 g/mol. The van der Waals surface area contributed by atoms with Crippen molar-refractivity contribution in [2.45, 2.75) is 38.8 Å². The molecule has 1 fully saturated rings. The van der Waals surface area contributed by atoms with Gasteiger partial charge in [-0.1, -0.05) is 36.8 Å². The maximum absolute atomic E-state index is 12.5. The molecule has 6 heteroatoms. The first kappa shape index (κ1) is 16.4. The molecule has 1 heterocycles. The monoisotopic (exact) mass is 328 g/mol. The Labute approximate surface area is 140 Å². The molecule has 0 bridgehead atoms. The molecule has 1 unspecified atom stereocenters. The Kier molecular flexibility index (Phi) is 4.46. The molecule has 1 aromatic heterocycles. The number of hydrogen-bond acceptors (Lipinski definition) is 4. The average Bonchev–Trinajstić information content (AvgIpc) is 2.53. The standard InChI is InChI=1S/C18H24N4O2/c1-12(14-9-6-10-14)20-15-16(19)22(18(24)21(2)17(15)23)11-13-7-4-3-5-8-13/h3-5,7-8,12,14,20H,6,9-11,19H2,1-2H3. The summed E-state index contributed by atoms with van der Waals surface area (Å²) in [5, 5.41) is 3.26. The van der Waals surface area contributed by atoms with Gasteiger partial charge in [0.05, 0.1) is 6.54 Å². The van der Waals surface area contributed by atoms with Crippen molar-refractivity contribution in [3.63, 3.8) is 0 Å². The third-order valence-corrected chi connectivity index (χ3v) is 5.00. The fourth-order valence-corrected chi connectivity index (χ4v) is 3.12. The van der Waals surface area contributed by atoms with Gasteiger partial charge in [-0.2, -0.15) is 0 Å². The Morgan fingerprint density at radius 3 is 2.50 bits per heavy atom. The maximum atomic E-state index is 12.5. The minimum atomic E-state index is -0.400. The zero-order valence-corrected chi connectivity index (χ0v) is 14.2. The van der Waals surface area contributed by atoms with E-state index in [1.807, 2.05) is 30.3 Å². The van der Waals surface area contributed by atoms with Crippen LogP contribution in [0.15, 0.2) is 39.9 Å². The van der Waals surface area contributed by atoms with Gasteiger partial charge in [-0.15, -0.1) is 0 Å². The third kappa shape index (κ3) is 2.96. The molecule has 0 amide bonds. The van der Waals surface area contributed by atoms with Crippen LogP contribution >= 0.6 is 0 Å². The number of benzene rings is 1. The van der Waals surface area contributed by atoms with Gasteiger partial charge >= 0.3 is 5.69 Å². The number of nitrogens with zero attached hydrogens (tertiary/aromatic N) is 2. The fourth-order valence-electron chi connectivity index (χ4n) is 3.12. The van der Waals surface area contributed by atoms with Crippen molar-refractivity contribution < 1.29 is 0 Å². The summed E-state index contributed by atoms with van der Waals surface area (Å²) in [5.74, 6) is 0.765. The average molecular weight is 328 g/mol. The van der Waals surface area contributed by atoms with Crippen molar-refractivity contribution in [1.29, 1.82) is 0 Å². The lowest BCUT2D eigenvalue weighted by atomic mass is 9.80. The minimum absolute atomic E-state index is 0.163. The van der Waals surface area contributed by atoms with E-state index < -0.39 is 5.69 Å². The van der Waals surface area contributed by atoms with Crippen LogP contribution in [0.2, 0.25) is 0 Å². The van der Waals surface area contributed by atoms with Crippen LogP contribution in [0.1, 0.15) is 31.7 Å². The van der Waals surface area contributed by atoms with Gasteiger partial charge in [-0.3, -0.25) is 13.9 Å². The van der Waals surface area contributed by atoms with E-state index in [1.165, 1.54) is 18.0 Å². The number of nitrogens with one attached hydrogen (secondary N) is 1. The van der Waals surface area contributed by atoms with Crippen LogP contribution < -0.4 is 22.3 Å². The Balaban J connectivity index is 1.99. The van der Waals surface area contributed by atoms with Crippen molar-refractivity contribution in [2.24, 2.45) is 13.0 Å². The molecule has 1 aliphatic carbocycles. The lowest BCUT2D eigenvalue weighted by Gasteiger charge is -2.32. The Hall–Kier alpha value is -2.50. The summed E-state index contributed by atoms with van der Waals surface area (Å²) in [4.78, 5) is 25.0. The van der Waals surface area contributed by atoms with E-state index in [0.717, 1.165) is 23.0 Å². The summed E-state index contributed by atoms with van der Waals surface area (Å²) in [6, 6.07) is 9.77. The lowest BCUT2D eigenvalue weighted by molar-refractivity contribution is 0.285. The molecule has 1 aromatic carbocycles. The van der Waals surface area contributed by atoms with Crippen LogP contribution in [0.4, 0.5) is 11.5 Å². The van der Waals surface area contributed by atoms with Crippen LogP contribution in [0.25, 0.3) is 0 Å². The van der Waals surface area contributed by atoms with E-state index >= 15 is 0 Å². The molecule has 0 radical (unpaired) electrons. The Morgan fingerprint density at radius 1 is 1.25 bits per heavy atom. The number of anilines is 2.